The molecule has 1 heterocycles. The highest BCUT2D eigenvalue weighted by Gasteiger charge is 2.30. The summed E-state index contributed by atoms with van der Waals surface area (Å²) in [5.74, 6) is -0.188. The van der Waals surface area contributed by atoms with Crippen molar-refractivity contribution in [3.05, 3.63) is 29.6 Å². The maximum Gasteiger partial charge on any atom is 0.240 e. The second-order valence-corrected chi connectivity index (χ2v) is 5.09. The predicted molar refractivity (Wildman–Crippen MR) is 76.7 cm³/mol. The fourth-order valence-electron chi connectivity index (χ4n) is 2.52. The summed E-state index contributed by atoms with van der Waals surface area (Å²) < 4.78 is 24.6. The van der Waals surface area contributed by atoms with E-state index in [4.69, 9.17) is 9.47 Å². The third kappa shape index (κ3) is 3.51. The van der Waals surface area contributed by atoms with E-state index in [-0.39, 0.29) is 12.0 Å². The van der Waals surface area contributed by atoms with Crippen LogP contribution in [0.4, 0.5) is 4.39 Å². The third-order valence-corrected chi connectivity index (χ3v) is 3.62. The molecule has 1 fully saturated rings. The molecule has 1 aliphatic heterocycles. The van der Waals surface area contributed by atoms with Gasteiger partial charge in [0.2, 0.25) is 5.91 Å². The minimum absolute atomic E-state index is 0.208. The third-order valence-electron chi connectivity index (χ3n) is 3.62. The molecule has 1 aliphatic rings. The second kappa shape index (κ2) is 6.87. The summed E-state index contributed by atoms with van der Waals surface area (Å²) in [5, 5.41) is 5.92. The fraction of sp³-hybridized carbons (Fsp3) is 0.533. The van der Waals surface area contributed by atoms with E-state index in [1.165, 1.54) is 13.2 Å². The largest absolute Gasteiger partial charge is 0.496 e. The summed E-state index contributed by atoms with van der Waals surface area (Å²) in [7, 11) is 1.48. The predicted octanol–water partition coefficient (Wildman–Crippen LogP) is 1.39. The van der Waals surface area contributed by atoms with Crippen molar-refractivity contribution < 1.29 is 18.7 Å². The van der Waals surface area contributed by atoms with Crippen molar-refractivity contribution in [2.45, 2.75) is 32.0 Å². The summed E-state index contributed by atoms with van der Waals surface area (Å²) in [5.41, 5.74) is 0.345. The Balaban J connectivity index is 2.10. The molecule has 116 valence electrons. The lowest BCUT2D eigenvalue weighted by Crippen LogP contribution is -2.55. The van der Waals surface area contributed by atoms with E-state index in [2.05, 4.69) is 10.6 Å². The van der Waals surface area contributed by atoms with Gasteiger partial charge in [-0.2, -0.15) is 0 Å². The van der Waals surface area contributed by atoms with Gasteiger partial charge < -0.3 is 20.1 Å². The topological polar surface area (TPSA) is 59.6 Å². The van der Waals surface area contributed by atoms with E-state index in [1.54, 1.807) is 19.1 Å². The maximum absolute atomic E-state index is 14.0. The number of benzene rings is 1. The second-order valence-electron chi connectivity index (χ2n) is 5.09. The standard InChI is InChI=1S/C15H21FN2O3/c1-9(13-11(16)5-4-6-12(13)20-3)18-15(19)14-10(2)21-8-7-17-14/h4-6,9-10,14,17H,7-8H2,1-3H3,(H,18,19)/t9?,10-,14+/m1/s1. The van der Waals surface area contributed by atoms with Gasteiger partial charge in [-0.15, -0.1) is 0 Å². The summed E-state index contributed by atoms with van der Waals surface area (Å²) in [6.07, 6.45) is -0.214. The Morgan fingerprint density at radius 2 is 2.33 bits per heavy atom. The van der Waals surface area contributed by atoms with Crippen molar-refractivity contribution in [3.63, 3.8) is 0 Å². The van der Waals surface area contributed by atoms with Crippen molar-refractivity contribution >= 4 is 5.91 Å². The molecule has 0 aliphatic carbocycles. The quantitative estimate of drug-likeness (QED) is 0.881. The zero-order valence-corrected chi connectivity index (χ0v) is 12.5. The van der Waals surface area contributed by atoms with Gasteiger partial charge in [0.25, 0.3) is 0 Å². The van der Waals surface area contributed by atoms with Crippen molar-refractivity contribution in [2.75, 3.05) is 20.3 Å². The maximum atomic E-state index is 14.0. The number of rotatable bonds is 4. The number of morpholine rings is 1. The highest BCUT2D eigenvalue weighted by atomic mass is 19.1. The molecule has 2 N–H and O–H groups in total. The van der Waals surface area contributed by atoms with Crippen LogP contribution in [0.3, 0.4) is 0 Å². The molecule has 1 aromatic carbocycles. The van der Waals surface area contributed by atoms with Crippen LogP contribution in [0, 0.1) is 5.82 Å². The monoisotopic (exact) mass is 296 g/mol. The molecule has 0 bridgehead atoms. The van der Waals surface area contributed by atoms with Gasteiger partial charge in [0.1, 0.15) is 17.6 Å². The lowest BCUT2D eigenvalue weighted by molar-refractivity contribution is -0.129. The number of carbonyl (C=O) groups is 1. The first kappa shape index (κ1) is 15.7. The molecule has 6 heteroatoms. The number of nitrogens with one attached hydrogen (secondary N) is 2. The lowest BCUT2D eigenvalue weighted by Gasteiger charge is -2.30. The lowest BCUT2D eigenvalue weighted by atomic mass is 10.0. The fourth-order valence-corrected chi connectivity index (χ4v) is 2.52. The molecule has 0 spiro atoms. The Bertz CT molecular complexity index is 510. The van der Waals surface area contributed by atoms with Crippen molar-refractivity contribution in [1.29, 1.82) is 0 Å². The van der Waals surface area contributed by atoms with Gasteiger partial charge in [0, 0.05) is 6.54 Å². The van der Waals surface area contributed by atoms with Gasteiger partial charge in [0.05, 0.1) is 31.4 Å². The SMILES string of the molecule is COc1cccc(F)c1C(C)NC(=O)[C@H]1NCCO[C@@H]1C. The Morgan fingerprint density at radius 3 is 3.00 bits per heavy atom. The number of methoxy groups -OCH3 is 1. The average molecular weight is 296 g/mol. The zero-order valence-electron chi connectivity index (χ0n) is 12.5. The molecule has 0 aromatic heterocycles. The number of halogens is 1. The molecule has 0 saturated carbocycles. The first-order chi connectivity index (χ1) is 10.0. The number of carbonyl (C=O) groups excluding carboxylic acids is 1. The molecule has 21 heavy (non-hydrogen) atoms. The van der Waals surface area contributed by atoms with Crippen LogP contribution >= 0.6 is 0 Å². The minimum atomic E-state index is -0.496. The number of hydrogen-bond donors (Lipinski definition) is 2. The first-order valence-electron chi connectivity index (χ1n) is 7.02. The van der Waals surface area contributed by atoms with Gasteiger partial charge in [-0.05, 0) is 26.0 Å². The molecule has 3 atom stereocenters. The van der Waals surface area contributed by atoms with Crippen LogP contribution in [-0.2, 0) is 9.53 Å². The zero-order chi connectivity index (χ0) is 15.4. The van der Waals surface area contributed by atoms with Crippen LogP contribution in [0.25, 0.3) is 0 Å². The molecule has 2 rings (SSSR count). The van der Waals surface area contributed by atoms with Crippen LogP contribution in [0.2, 0.25) is 0 Å². The highest BCUT2D eigenvalue weighted by Crippen LogP contribution is 2.27. The van der Waals surface area contributed by atoms with E-state index in [0.717, 1.165) is 0 Å². The Labute approximate surface area is 123 Å². The van der Waals surface area contributed by atoms with Gasteiger partial charge in [-0.3, -0.25) is 4.79 Å². The Kier molecular flexibility index (Phi) is 5.14. The van der Waals surface area contributed by atoms with Crippen molar-refractivity contribution in [1.82, 2.24) is 10.6 Å². The molecule has 1 unspecified atom stereocenters. The Morgan fingerprint density at radius 1 is 1.57 bits per heavy atom. The average Bonchev–Trinajstić information content (AvgIpc) is 2.46. The number of amides is 1. The first-order valence-corrected chi connectivity index (χ1v) is 7.02. The van der Waals surface area contributed by atoms with Gasteiger partial charge in [-0.1, -0.05) is 6.07 Å². The molecule has 1 amide bonds. The molecular weight excluding hydrogens is 275 g/mol. The van der Waals surface area contributed by atoms with Crippen LogP contribution in [0.1, 0.15) is 25.5 Å². The molecule has 5 nitrogen and oxygen atoms in total. The molecule has 0 radical (unpaired) electrons. The van der Waals surface area contributed by atoms with E-state index in [1.807, 2.05) is 6.92 Å². The molecular formula is C15H21FN2O3. The summed E-state index contributed by atoms with van der Waals surface area (Å²) in [6, 6.07) is 3.67. The van der Waals surface area contributed by atoms with Crippen LogP contribution < -0.4 is 15.4 Å². The highest BCUT2D eigenvalue weighted by molar-refractivity contribution is 5.83. The molecule has 1 saturated heterocycles. The van der Waals surface area contributed by atoms with E-state index in [0.29, 0.717) is 24.5 Å². The van der Waals surface area contributed by atoms with Gasteiger partial charge in [-0.25, -0.2) is 4.39 Å². The number of hydrogen-bond acceptors (Lipinski definition) is 4. The van der Waals surface area contributed by atoms with Gasteiger partial charge >= 0.3 is 0 Å². The van der Waals surface area contributed by atoms with Gasteiger partial charge in [0.15, 0.2) is 0 Å². The molecule has 1 aromatic rings. The number of ether oxygens (including phenoxy) is 2. The van der Waals surface area contributed by atoms with Crippen molar-refractivity contribution in [3.8, 4) is 5.75 Å². The smallest absolute Gasteiger partial charge is 0.240 e. The van der Waals surface area contributed by atoms with E-state index in [9.17, 15) is 9.18 Å². The van der Waals surface area contributed by atoms with Crippen LogP contribution in [-0.4, -0.2) is 38.3 Å². The summed E-state index contributed by atoms with van der Waals surface area (Å²) >= 11 is 0. The van der Waals surface area contributed by atoms with Crippen molar-refractivity contribution in [2.24, 2.45) is 0 Å². The van der Waals surface area contributed by atoms with E-state index < -0.39 is 17.9 Å². The van der Waals surface area contributed by atoms with E-state index >= 15 is 0 Å². The normalized spacial score (nSPS) is 23.4. The summed E-state index contributed by atoms with van der Waals surface area (Å²) in [6.45, 7) is 4.78. The minimum Gasteiger partial charge on any atom is -0.496 e. The van der Waals surface area contributed by atoms with Crippen LogP contribution in [0.5, 0.6) is 5.75 Å². The Hall–Kier alpha value is -1.66. The van der Waals surface area contributed by atoms with Crippen LogP contribution in [0.15, 0.2) is 18.2 Å². The summed E-state index contributed by atoms with van der Waals surface area (Å²) in [4.78, 5) is 12.3.